The maximum atomic E-state index is 13.0. The van der Waals surface area contributed by atoms with Gasteiger partial charge in [-0.1, -0.05) is 25.8 Å². The lowest BCUT2D eigenvalue weighted by atomic mass is 9.46. The summed E-state index contributed by atoms with van der Waals surface area (Å²) in [5.41, 5.74) is -1.41. The number of Topliss-reactive ketones (excluding diaryl/α,β-unsaturated/α-hetero) is 1. The predicted molar refractivity (Wildman–Crippen MR) is 119 cm³/mol. The number of ketones is 2. The summed E-state index contributed by atoms with van der Waals surface area (Å²) in [7, 11) is 0. The number of aliphatic hydroxyl groups is 2. The third-order valence-electron chi connectivity index (χ3n) is 9.56. The summed E-state index contributed by atoms with van der Waals surface area (Å²) in [5.74, 6) is -1.18. The molecular formula is C26H36O6. The number of aliphatic hydroxyl groups excluding tert-OH is 2. The summed E-state index contributed by atoms with van der Waals surface area (Å²) in [4.78, 5) is 37.8. The van der Waals surface area contributed by atoms with Gasteiger partial charge in [0.2, 0.25) is 11.5 Å². The summed E-state index contributed by atoms with van der Waals surface area (Å²) in [5, 5.41) is 21.1. The molecule has 0 aromatic heterocycles. The van der Waals surface area contributed by atoms with Crippen molar-refractivity contribution >= 4 is 17.5 Å². The molecule has 2 N–H and O–H groups in total. The van der Waals surface area contributed by atoms with E-state index in [-0.39, 0.29) is 35.3 Å². The molecule has 6 nitrogen and oxygen atoms in total. The molecule has 0 unspecified atom stereocenters. The van der Waals surface area contributed by atoms with Crippen molar-refractivity contribution in [3.8, 4) is 0 Å². The molecule has 0 aromatic carbocycles. The van der Waals surface area contributed by atoms with Crippen molar-refractivity contribution in [2.75, 3.05) is 0 Å². The Morgan fingerprint density at radius 3 is 2.47 bits per heavy atom. The lowest BCUT2D eigenvalue weighted by molar-refractivity contribution is -0.188. The van der Waals surface area contributed by atoms with Gasteiger partial charge in [-0.15, -0.1) is 0 Å². The average Bonchev–Trinajstić information content (AvgIpc) is 3.05. The summed E-state index contributed by atoms with van der Waals surface area (Å²) in [6.07, 6.45) is 7.79. The molecule has 3 fully saturated rings. The van der Waals surface area contributed by atoms with Crippen molar-refractivity contribution in [1.29, 1.82) is 0 Å². The zero-order chi connectivity index (χ0) is 23.5. The highest BCUT2D eigenvalue weighted by molar-refractivity contribution is 6.04. The highest BCUT2D eigenvalue weighted by atomic mass is 16.6. The van der Waals surface area contributed by atoms with Crippen LogP contribution in [0.25, 0.3) is 0 Å². The Morgan fingerprint density at radius 1 is 1.12 bits per heavy atom. The number of ether oxygens (including phenoxy) is 1. The molecule has 0 bridgehead atoms. The van der Waals surface area contributed by atoms with Gasteiger partial charge in [-0.3, -0.25) is 14.4 Å². The van der Waals surface area contributed by atoms with E-state index in [1.165, 1.54) is 6.08 Å². The van der Waals surface area contributed by atoms with Crippen molar-refractivity contribution < 1.29 is 29.3 Å². The van der Waals surface area contributed by atoms with Crippen molar-refractivity contribution in [1.82, 2.24) is 0 Å². The Hall–Kier alpha value is -2.11. The summed E-state index contributed by atoms with van der Waals surface area (Å²) in [6, 6.07) is 0. The van der Waals surface area contributed by atoms with Gasteiger partial charge in [0.25, 0.3) is 0 Å². The van der Waals surface area contributed by atoms with E-state index in [9.17, 15) is 24.6 Å². The maximum Gasteiger partial charge on any atom is 0.306 e. The smallest absolute Gasteiger partial charge is 0.306 e. The fourth-order valence-corrected chi connectivity index (χ4v) is 7.75. The maximum absolute atomic E-state index is 13.0. The minimum Gasteiger partial charge on any atom is -0.507 e. The molecule has 0 heterocycles. The molecular weight excluding hydrogens is 408 g/mol. The highest BCUT2D eigenvalue weighted by Crippen LogP contribution is 2.68. The second-order valence-corrected chi connectivity index (χ2v) is 10.8. The first-order chi connectivity index (χ1) is 15.0. The van der Waals surface area contributed by atoms with E-state index in [2.05, 4.69) is 6.92 Å². The van der Waals surface area contributed by atoms with Crippen LogP contribution in [0.3, 0.4) is 0 Å². The van der Waals surface area contributed by atoms with Crippen molar-refractivity contribution in [3.63, 3.8) is 0 Å². The third-order valence-corrected chi connectivity index (χ3v) is 9.56. The molecule has 176 valence electrons. The fraction of sp³-hybridized carbons (Fsp3) is 0.731. The first kappa shape index (κ1) is 23.1. The van der Waals surface area contributed by atoms with Gasteiger partial charge < -0.3 is 14.9 Å². The Morgan fingerprint density at radius 2 is 1.81 bits per heavy atom. The molecule has 0 spiro atoms. The second-order valence-electron chi connectivity index (χ2n) is 10.8. The number of carbonyl (C=O) groups is 3. The van der Waals surface area contributed by atoms with Crippen LogP contribution in [0.1, 0.15) is 85.5 Å². The quantitative estimate of drug-likeness (QED) is 0.570. The zero-order valence-corrected chi connectivity index (χ0v) is 19.7. The SMILES string of the molecule is CCCCC(=O)O[C@]1(C(C)=O)CC[C@H]2[C@@H]3CCC4=CC(=O)C(O)=C(O)[C@]4(C)[C@H]3CC[C@@]21C. The van der Waals surface area contributed by atoms with E-state index in [1.54, 1.807) is 6.92 Å². The molecule has 4 aliphatic rings. The Labute approximate surface area is 190 Å². The van der Waals surface area contributed by atoms with Crippen molar-refractivity contribution in [2.45, 2.75) is 91.1 Å². The molecule has 6 heteroatoms. The average molecular weight is 445 g/mol. The van der Waals surface area contributed by atoms with Crippen LogP contribution in [0, 0.1) is 28.6 Å². The molecule has 0 aliphatic heterocycles. The second kappa shape index (κ2) is 7.74. The molecule has 3 saturated carbocycles. The van der Waals surface area contributed by atoms with E-state index in [0.717, 1.165) is 37.7 Å². The van der Waals surface area contributed by atoms with E-state index < -0.39 is 28.0 Å². The summed E-state index contributed by atoms with van der Waals surface area (Å²) in [6.45, 7) is 7.62. The molecule has 0 saturated heterocycles. The number of esters is 1. The normalized spacial score (nSPS) is 40.8. The number of hydrogen-bond acceptors (Lipinski definition) is 6. The van der Waals surface area contributed by atoms with E-state index in [4.69, 9.17) is 4.74 Å². The van der Waals surface area contributed by atoms with Gasteiger partial charge in [-0.05, 0) is 82.6 Å². The first-order valence-electron chi connectivity index (χ1n) is 12.1. The molecule has 32 heavy (non-hydrogen) atoms. The van der Waals surface area contributed by atoms with Crippen LogP contribution in [-0.4, -0.2) is 33.3 Å². The molecule has 0 amide bonds. The number of allylic oxidation sites excluding steroid dienone is 2. The van der Waals surface area contributed by atoms with E-state index in [0.29, 0.717) is 25.7 Å². The molecule has 4 rings (SSSR count). The van der Waals surface area contributed by atoms with E-state index in [1.807, 2.05) is 13.8 Å². The Balaban J connectivity index is 1.68. The van der Waals surface area contributed by atoms with Crippen molar-refractivity contribution in [3.05, 3.63) is 23.2 Å². The fourth-order valence-electron chi connectivity index (χ4n) is 7.75. The van der Waals surface area contributed by atoms with Gasteiger partial charge in [0.1, 0.15) is 5.76 Å². The van der Waals surface area contributed by atoms with Crippen LogP contribution in [0.15, 0.2) is 23.2 Å². The summed E-state index contributed by atoms with van der Waals surface area (Å²) < 4.78 is 6.06. The van der Waals surface area contributed by atoms with Gasteiger partial charge in [-0.2, -0.15) is 0 Å². The van der Waals surface area contributed by atoms with E-state index >= 15 is 0 Å². The predicted octanol–water partition coefficient (Wildman–Crippen LogP) is 5.13. The molecule has 0 radical (unpaired) electrons. The highest BCUT2D eigenvalue weighted by Gasteiger charge is 2.68. The largest absolute Gasteiger partial charge is 0.507 e. The van der Waals surface area contributed by atoms with Crippen molar-refractivity contribution in [2.24, 2.45) is 28.6 Å². The Kier molecular flexibility index (Phi) is 5.58. The van der Waals surface area contributed by atoms with Gasteiger partial charge in [0.15, 0.2) is 11.4 Å². The topological polar surface area (TPSA) is 101 Å². The van der Waals surface area contributed by atoms with Crippen LogP contribution in [0.5, 0.6) is 0 Å². The van der Waals surface area contributed by atoms with Crippen LogP contribution in [0.4, 0.5) is 0 Å². The molecule has 0 aromatic rings. The molecule has 4 aliphatic carbocycles. The zero-order valence-electron chi connectivity index (χ0n) is 19.7. The lowest BCUT2D eigenvalue weighted by Gasteiger charge is -2.58. The number of unbranched alkanes of at least 4 members (excludes halogenated alkanes) is 1. The van der Waals surface area contributed by atoms with Crippen LogP contribution in [-0.2, 0) is 19.1 Å². The number of fused-ring (bicyclic) bond motifs is 5. The van der Waals surface area contributed by atoms with Crippen LogP contribution >= 0.6 is 0 Å². The lowest BCUT2D eigenvalue weighted by Crippen LogP contribution is -2.59. The minimum atomic E-state index is -1.09. The number of hydrogen-bond donors (Lipinski definition) is 2. The minimum absolute atomic E-state index is 0.0642. The standard InChI is InChI=1S/C26H36O6/c1-5-6-7-21(29)32-26(15(2)27)13-11-18-17-9-8-16-14-20(28)22(30)23(31)25(16,4)19(17)10-12-24(18,26)3/h14,17-19,30-31H,5-13H2,1-4H3/t17-,18-,19-,24-,25-,26-/m0/s1. The van der Waals surface area contributed by atoms with Crippen LogP contribution in [0.2, 0.25) is 0 Å². The number of rotatable bonds is 5. The van der Waals surface area contributed by atoms with Gasteiger partial charge >= 0.3 is 5.97 Å². The Bertz CT molecular complexity index is 915. The van der Waals surface area contributed by atoms with Gasteiger partial charge in [0.05, 0.1) is 5.41 Å². The van der Waals surface area contributed by atoms with Crippen LogP contribution < -0.4 is 0 Å². The molecule has 6 atom stereocenters. The third kappa shape index (κ3) is 2.94. The summed E-state index contributed by atoms with van der Waals surface area (Å²) >= 11 is 0. The first-order valence-corrected chi connectivity index (χ1v) is 12.1. The van der Waals surface area contributed by atoms with Gasteiger partial charge in [0, 0.05) is 11.8 Å². The van der Waals surface area contributed by atoms with Gasteiger partial charge in [-0.25, -0.2) is 0 Å². The monoisotopic (exact) mass is 444 g/mol. The number of carbonyl (C=O) groups excluding carboxylic acids is 3.